The van der Waals surface area contributed by atoms with Gasteiger partial charge in [0.25, 0.3) is 5.56 Å². The van der Waals surface area contributed by atoms with Gasteiger partial charge in [0.15, 0.2) is 15.6 Å². The van der Waals surface area contributed by atoms with Crippen LogP contribution in [0.3, 0.4) is 0 Å². The third-order valence-corrected chi connectivity index (χ3v) is 7.41. The van der Waals surface area contributed by atoms with Crippen molar-refractivity contribution in [3.05, 3.63) is 40.8 Å². The van der Waals surface area contributed by atoms with Crippen LogP contribution in [0.25, 0.3) is 22.2 Å². The lowest BCUT2D eigenvalue weighted by Crippen LogP contribution is -2.33. The van der Waals surface area contributed by atoms with Crippen LogP contribution in [0.15, 0.2) is 40.2 Å². The molecule has 2 aliphatic rings. The lowest BCUT2D eigenvalue weighted by molar-refractivity contribution is 0.226. The fourth-order valence-corrected chi connectivity index (χ4v) is 5.32. The van der Waals surface area contributed by atoms with Gasteiger partial charge >= 0.3 is 0 Å². The van der Waals surface area contributed by atoms with Crippen molar-refractivity contribution in [3.8, 4) is 17.0 Å². The van der Waals surface area contributed by atoms with Gasteiger partial charge in [-0.25, -0.2) is 8.42 Å². The van der Waals surface area contributed by atoms with Crippen molar-refractivity contribution < 1.29 is 13.2 Å². The molecule has 1 unspecified atom stereocenters. The summed E-state index contributed by atoms with van der Waals surface area (Å²) in [5.41, 5.74) is 2.87. The Hall–Kier alpha value is -2.74. The van der Waals surface area contributed by atoms with Crippen molar-refractivity contribution in [2.75, 3.05) is 18.1 Å². The number of aryl methyl sites for hydroxylation is 2. The zero-order valence-electron chi connectivity index (χ0n) is 18.0. The SMILES string of the molecule is CC1CNc2c(c(-c3cc4c(S(C)(=O)=O)cccc4n3CCC3CC3)cn(C)c2=O)O1. The second-order valence-electron chi connectivity index (χ2n) is 8.85. The zero-order valence-corrected chi connectivity index (χ0v) is 18.8. The Morgan fingerprint density at radius 2 is 2.03 bits per heavy atom. The minimum Gasteiger partial charge on any atom is -0.486 e. The second kappa shape index (κ2) is 7.15. The summed E-state index contributed by atoms with van der Waals surface area (Å²) >= 11 is 0. The molecule has 1 saturated carbocycles. The first-order valence-corrected chi connectivity index (χ1v) is 12.6. The number of pyridine rings is 1. The van der Waals surface area contributed by atoms with E-state index in [1.54, 1.807) is 29.9 Å². The van der Waals surface area contributed by atoms with Crippen LogP contribution in [0.2, 0.25) is 0 Å². The van der Waals surface area contributed by atoms with Crippen molar-refractivity contribution in [1.29, 1.82) is 0 Å². The Morgan fingerprint density at radius 1 is 1.26 bits per heavy atom. The number of nitrogens with zero attached hydrogens (tertiary/aromatic N) is 2. The summed E-state index contributed by atoms with van der Waals surface area (Å²) < 4.78 is 34.8. The molecule has 1 aliphatic heterocycles. The predicted octanol–water partition coefficient (Wildman–Crippen LogP) is 3.40. The fourth-order valence-electron chi connectivity index (χ4n) is 4.43. The van der Waals surface area contributed by atoms with Crippen molar-refractivity contribution in [2.24, 2.45) is 13.0 Å². The topological polar surface area (TPSA) is 82.3 Å². The highest BCUT2D eigenvalue weighted by atomic mass is 32.2. The van der Waals surface area contributed by atoms with Crippen LogP contribution in [0, 0.1) is 5.92 Å². The molecular weight excluding hydrogens is 414 g/mol. The minimum atomic E-state index is -3.39. The van der Waals surface area contributed by atoms with Crippen molar-refractivity contribution in [3.63, 3.8) is 0 Å². The number of sulfone groups is 1. The molecule has 0 bridgehead atoms. The lowest BCUT2D eigenvalue weighted by atomic mass is 10.1. The highest BCUT2D eigenvalue weighted by Crippen LogP contribution is 2.41. The quantitative estimate of drug-likeness (QED) is 0.656. The molecule has 3 aromatic rings. The Balaban J connectivity index is 1.79. The number of hydrogen-bond acceptors (Lipinski definition) is 5. The molecule has 1 aromatic carbocycles. The largest absolute Gasteiger partial charge is 0.486 e. The molecule has 3 heterocycles. The Bertz CT molecular complexity index is 1350. The molecule has 5 rings (SSSR count). The standard InChI is InChI=1S/C23H27N3O4S/c1-14-12-24-21-22(30-14)17(13-25(2)23(21)27)19-11-16-18(26(19)10-9-15-7-8-15)5-4-6-20(16)31(3,28)29/h4-6,11,13-15,24H,7-10,12H2,1-3H3. The van der Waals surface area contributed by atoms with E-state index in [0.717, 1.165) is 35.7 Å². The highest BCUT2D eigenvalue weighted by molar-refractivity contribution is 7.91. The number of anilines is 1. The van der Waals surface area contributed by atoms with E-state index in [-0.39, 0.29) is 11.7 Å². The van der Waals surface area contributed by atoms with Crippen molar-refractivity contribution >= 4 is 26.4 Å². The number of hydrogen-bond donors (Lipinski definition) is 1. The van der Waals surface area contributed by atoms with Crippen molar-refractivity contribution in [1.82, 2.24) is 9.13 Å². The lowest BCUT2D eigenvalue weighted by Gasteiger charge is -2.27. The third kappa shape index (κ3) is 3.52. The van der Waals surface area contributed by atoms with Crippen LogP contribution in [-0.4, -0.2) is 36.5 Å². The smallest absolute Gasteiger partial charge is 0.277 e. The Morgan fingerprint density at radius 3 is 2.74 bits per heavy atom. The number of ether oxygens (including phenoxy) is 1. The number of fused-ring (bicyclic) bond motifs is 2. The number of rotatable bonds is 5. The van der Waals surface area contributed by atoms with Gasteiger partial charge < -0.3 is 19.2 Å². The van der Waals surface area contributed by atoms with E-state index in [4.69, 9.17) is 4.74 Å². The van der Waals surface area contributed by atoms with Gasteiger partial charge in [0.05, 0.1) is 22.7 Å². The maximum absolute atomic E-state index is 12.7. The van der Waals surface area contributed by atoms with Gasteiger partial charge in [0, 0.05) is 36.9 Å². The molecule has 0 radical (unpaired) electrons. The molecular formula is C23H27N3O4S. The van der Waals surface area contributed by atoms with Gasteiger partial charge in [-0.3, -0.25) is 4.79 Å². The van der Waals surface area contributed by atoms with Crippen LogP contribution < -0.4 is 15.6 Å². The van der Waals surface area contributed by atoms with E-state index >= 15 is 0 Å². The molecule has 7 nitrogen and oxygen atoms in total. The summed E-state index contributed by atoms with van der Waals surface area (Å²) in [6, 6.07) is 7.35. The van der Waals surface area contributed by atoms with E-state index in [1.807, 2.05) is 19.1 Å². The van der Waals surface area contributed by atoms with Crippen LogP contribution in [-0.2, 0) is 23.4 Å². The first-order valence-electron chi connectivity index (χ1n) is 10.7. The summed E-state index contributed by atoms with van der Waals surface area (Å²) in [6.07, 6.45) is 6.51. The minimum absolute atomic E-state index is 0.0748. The first kappa shape index (κ1) is 20.2. The van der Waals surface area contributed by atoms with Gasteiger partial charge in [0.1, 0.15) is 11.8 Å². The molecule has 1 N–H and O–H groups in total. The monoisotopic (exact) mass is 441 g/mol. The molecule has 0 spiro atoms. The van der Waals surface area contributed by atoms with Gasteiger partial charge in [-0.15, -0.1) is 0 Å². The fraction of sp³-hybridized carbons (Fsp3) is 0.435. The van der Waals surface area contributed by atoms with E-state index < -0.39 is 9.84 Å². The highest BCUT2D eigenvalue weighted by Gasteiger charge is 2.28. The first-order chi connectivity index (χ1) is 14.7. The summed E-state index contributed by atoms with van der Waals surface area (Å²) in [6.45, 7) is 3.31. The molecule has 8 heteroatoms. The molecule has 2 aromatic heterocycles. The molecule has 0 amide bonds. The summed E-state index contributed by atoms with van der Waals surface area (Å²) in [5.74, 6) is 1.27. The van der Waals surface area contributed by atoms with E-state index in [2.05, 4.69) is 9.88 Å². The van der Waals surface area contributed by atoms with Gasteiger partial charge in [0.2, 0.25) is 0 Å². The summed E-state index contributed by atoms with van der Waals surface area (Å²) in [5, 5.41) is 3.92. The van der Waals surface area contributed by atoms with Crippen molar-refractivity contribution in [2.45, 2.75) is 43.7 Å². The molecule has 1 aliphatic carbocycles. The average molecular weight is 442 g/mol. The van der Waals surface area contributed by atoms with Gasteiger partial charge in [-0.05, 0) is 37.5 Å². The van der Waals surface area contributed by atoms with Crippen LogP contribution in [0.1, 0.15) is 26.2 Å². The van der Waals surface area contributed by atoms with Crippen LogP contribution in [0.4, 0.5) is 5.69 Å². The third-order valence-electron chi connectivity index (χ3n) is 6.25. The van der Waals surface area contributed by atoms with E-state index in [0.29, 0.717) is 28.3 Å². The van der Waals surface area contributed by atoms with Crippen LogP contribution in [0.5, 0.6) is 5.75 Å². The average Bonchev–Trinajstić information content (AvgIpc) is 3.47. The molecule has 0 saturated heterocycles. The summed E-state index contributed by atoms with van der Waals surface area (Å²) in [7, 11) is -1.66. The molecule has 1 fully saturated rings. The Labute approximate surface area is 181 Å². The normalized spacial score (nSPS) is 18.5. The van der Waals surface area contributed by atoms with E-state index in [9.17, 15) is 13.2 Å². The Kier molecular flexibility index (Phi) is 4.66. The number of nitrogens with one attached hydrogen (secondary N) is 1. The van der Waals surface area contributed by atoms with Gasteiger partial charge in [-0.2, -0.15) is 0 Å². The summed E-state index contributed by atoms with van der Waals surface area (Å²) in [4.78, 5) is 13.0. The maximum atomic E-state index is 12.7. The maximum Gasteiger partial charge on any atom is 0.277 e. The molecule has 1 atom stereocenters. The van der Waals surface area contributed by atoms with E-state index in [1.165, 1.54) is 19.1 Å². The van der Waals surface area contributed by atoms with Gasteiger partial charge in [-0.1, -0.05) is 18.9 Å². The molecule has 31 heavy (non-hydrogen) atoms. The predicted molar refractivity (Wildman–Crippen MR) is 122 cm³/mol. The number of aromatic nitrogens is 2. The number of benzene rings is 1. The van der Waals surface area contributed by atoms with Crippen LogP contribution >= 0.6 is 0 Å². The molecule has 164 valence electrons. The second-order valence-corrected chi connectivity index (χ2v) is 10.8. The zero-order chi connectivity index (χ0) is 21.9.